The number of rotatable bonds is 4. The van der Waals surface area contributed by atoms with Crippen LogP contribution in [0.5, 0.6) is 5.75 Å². The molecule has 0 radical (unpaired) electrons. The Morgan fingerprint density at radius 1 is 1.00 bits per heavy atom. The van der Waals surface area contributed by atoms with Crippen molar-refractivity contribution in [1.82, 2.24) is 0 Å². The molecule has 0 aromatic heterocycles. The second-order valence-corrected chi connectivity index (χ2v) is 4.40. The van der Waals surface area contributed by atoms with Gasteiger partial charge in [0.2, 0.25) is 11.3 Å². The molecule has 0 fully saturated rings. The maximum absolute atomic E-state index is 12.0. The van der Waals surface area contributed by atoms with E-state index in [-0.39, 0.29) is 5.78 Å². The molecule has 18 heavy (non-hydrogen) atoms. The molecule has 2 aromatic rings. The van der Waals surface area contributed by atoms with Crippen molar-refractivity contribution in [2.75, 3.05) is 0 Å². The van der Waals surface area contributed by atoms with Crippen molar-refractivity contribution in [3.63, 3.8) is 0 Å². The predicted octanol–water partition coefficient (Wildman–Crippen LogP) is 4.17. The number of ketones is 1. The molecule has 2 nitrogen and oxygen atoms in total. The van der Waals surface area contributed by atoms with Crippen molar-refractivity contribution in [2.24, 2.45) is 0 Å². The number of carbonyl (C=O) groups is 1. The summed E-state index contributed by atoms with van der Waals surface area (Å²) in [6, 6.07) is 15.6. The molecule has 0 saturated heterocycles. The van der Waals surface area contributed by atoms with Crippen molar-refractivity contribution in [1.29, 1.82) is 0 Å². The summed E-state index contributed by atoms with van der Waals surface area (Å²) in [4.78, 5) is 12.0. The summed E-state index contributed by atoms with van der Waals surface area (Å²) in [5.74, 6) is 0.0978. The molecule has 0 aliphatic rings. The van der Waals surface area contributed by atoms with Crippen LogP contribution in [0.15, 0.2) is 54.6 Å². The molecular formula is C14H10Cl2O2. The summed E-state index contributed by atoms with van der Waals surface area (Å²) in [5.41, 5.74) is -0.586. The third-order valence-electron chi connectivity index (χ3n) is 2.33. The van der Waals surface area contributed by atoms with Crippen LogP contribution in [0, 0.1) is 0 Å². The maximum atomic E-state index is 12.0. The fourth-order valence-electron chi connectivity index (χ4n) is 1.44. The second kappa shape index (κ2) is 5.89. The maximum Gasteiger partial charge on any atom is 0.234 e. The zero-order valence-corrected chi connectivity index (χ0v) is 10.9. The molecule has 0 saturated carbocycles. The Balaban J connectivity index is 2.11. The van der Waals surface area contributed by atoms with E-state index in [2.05, 4.69) is 0 Å². The standard InChI is InChI=1S/C14H10Cl2O2/c15-11-8-4-5-9-12(11)18-14(16)13(17)10-6-2-1-3-7-10/h1-9,14H. The monoisotopic (exact) mass is 280 g/mol. The Morgan fingerprint density at radius 3 is 2.28 bits per heavy atom. The summed E-state index contributed by atoms with van der Waals surface area (Å²) in [6.45, 7) is 0. The summed E-state index contributed by atoms with van der Waals surface area (Å²) in [6.07, 6.45) is 0. The van der Waals surface area contributed by atoms with E-state index >= 15 is 0 Å². The van der Waals surface area contributed by atoms with Gasteiger partial charge in [0, 0.05) is 5.56 Å². The van der Waals surface area contributed by atoms with E-state index in [9.17, 15) is 4.79 Å². The van der Waals surface area contributed by atoms with E-state index in [0.717, 1.165) is 0 Å². The highest BCUT2D eigenvalue weighted by Gasteiger charge is 2.19. The zero-order chi connectivity index (χ0) is 13.0. The number of benzene rings is 2. The van der Waals surface area contributed by atoms with Gasteiger partial charge in [-0.05, 0) is 12.1 Å². The fourth-order valence-corrected chi connectivity index (χ4v) is 1.84. The molecule has 2 aromatic carbocycles. The van der Waals surface area contributed by atoms with Gasteiger partial charge in [0.25, 0.3) is 0 Å². The summed E-state index contributed by atoms with van der Waals surface area (Å²) in [7, 11) is 0. The first-order valence-electron chi connectivity index (χ1n) is 5.33. The number of carbonyl (C=O) groups excluding carboxylic acids is 1. The van der Waals surface area contributed by atoms with Crippen molar-refractivity contribution in [2.45, 2.75) is 5.56 Å². The van der Waals surface area contributed by atoms with Crippen LogP contribution in [0.1, 0.15) is 10.4 Å². The minimum atomic E-state index is -1.09. The van der Waals surface area contributed by atoms with Crippen LogP contribution in [0.4, 0.5) is 0 Å². The number of alkyl halides is 1. The lowest BCUT2D eigenvalue weighted by molar-refractivity contribution is 0.0885. The van der Waals surface area contributed by atoms with Crippen LogP contribution in [0.2, 0.25) is 5.02 Å². The van der Waals surface area contributed by atoms with Gasteiger partial charge >= 0.3 is 0 Å². The largest absolute Gasteiger partial charge is 0.465 e. The van der Waals surface area contributed by atoms with E-state index in [1.54, 1.807) is 48.5 Å². The highest BCUT2D eigenvalue weighted by atomic mass is 35.5. The van der Waals surface area contributed by atoms with Gasteiger partial charge in [0.1, 0.15) is 5.75 Å². The third-order valence-corrected chi connectivity index (χ3v) is 2.93. The number of halogens is 2. The third kappa shape index (κ3) is 3.03. The molecule has 0 amide bonds. The lowest BCUT2D eigenvalue weighted by atomic mass is 10.1. The number of ether oxygens (including phenoxy) is 1. The van der Waals surface area contributed by atoms with Crippen LogP contribution in [-0.2, 0) is 0 Å². The van der Waals surface area contributed by atoms with Crippen LogP contribution in [-0.4, -0.2) is 11.3 Å². The van der Waals surface area contributed by atoms with Crippen molar-refractivity contribution in [3.05, 3.63) is 65.2 Å². The average Bonchev–Trinajstić information content (AvgIpc) is 2.41. The fraction of sp³-hybridized carbons (Fsp3) is 0.0714. The van der Waals surface area contributed by atoms with E-state index in [0.29, 0.717) is 16.3 Å². The second-order valence-electron chi connectivity index (χ2n) is 3.59. The Morgan fingerprint density at radius 2 is 1.61 bits per heavy atom. The van der Waals surface area contributed by atoms with Crippen LogP contribution in [0.3, 0.4) is 0 Å². The van der Waals surface area contributed by atoms with Gasteiger partial charge in [-0.15, -0.1) is 0 Å². The van der Waals surface area contributed by atoms with Gasteiger partial charge in [-0.2, -0.15) is 0 Å². The smallest absolute Gasteiger partial charge is 0.234 e. The molecule has 0 aliphatic carbocycles. The molecule has 1 atom stereocenters. The first kappa shape index (κ1) is 12.9. The minimum Gasteiger partial charge on any atom is -0.465 e. The summed E-state index contributed by atoms with van der Waals surface area (Å²) in [5, 5.41) is 0.420. The van der Waals surface area contributed by atoms with Crippen molar-refractivity contribution >= 4 is 29.0 Å². The van der Waals surface area contributed by atoms with Gasteiger partial charge < -0.3 is 4.74 Å². The molecule has 1 unspecified atom stereocenters. The molecule has 2 rings (SSSR count). The van der Waals surface area contributed by atoms with Gasteiger partial charge in [-0.3, -0.25) is 4.79 Å². The molecule has 0 spiro atoms. The Labute approximate surface area is 115 Å². The SMILES string of the molecule is O=C(c1ccccc1)C(Cl)Oc1ccccc1Cl. The Bertz CT molecular complexity index is 541. The number of hydrogen-bond acceptors (Lipinski definition) is 2. The highest BCUT2D eigenvalue weighted by molar-refractivity contribution is 6.34. The van der Waals surface area contributed by atoms with Gasteiger partial charge in [0.15, 0.2) is 0 Å². The molecule has 0 aliphatic heterocycles. The van der Waals surface area contributed by atoms with Gasteiger partial charge in [-0.25, -0.2) is 0 Å². The van der Waals surface area contributed by atoms with Gasteiger partial charge in [0.05, 0.1) is 5.02 Å². The number of para-hydroxylation sites is 1. The van der Waals surface area contributed by atoms with Crippen molar-refractivity contribution < 1.29 is 9.53 Å². The molecule has 92 valence electrons. The summed E-state index contributed by atoms with van der Waals surface area (Å²) >= 11 is 11.9. The molecule has 0 bridgehead atoms. The summed E-state index contributed by atoms with van der Waals surface area (Å²) < 4.78 is 5.35. The van der Waals surface area contributed by atoms with E-state index in [4.69, 9.17) is 27.9 Å². The van der Waals surface area contributed by atoms with E-state index in [1.807, 2.05) is 6.07 Å². The van der Waals surface area contributed by atoms with E-state index in [1.165, 1.54) is 0 Å². The number of Topliss-reactive ketones (excluding diaryl/α,β-unsaturated/α-hetero) is 1. The Hall–Kier alpha value is -1.51. The topological polar surface area (TPSA) is 26.3 Å². The van der Waals surface area contributed by atoms with Crippen LogP contribution < -0.4 is 4.74 Å². The quantitative estimate of drug-likeness (QED) is 0.621. The molecular weight excluding hydrogens is 271 g/mol. The average molecular weight is 281 g/mol. The number of hydrogen-bond donors (Lipinski definition) is 0. The lowest BCUT2D eigenvalue weighted by Gasteiger charge is -2.12. The normalized spacial score (nSPS) is 11.9. The van der Waals surface area contributed by atoms with E-state index < -0.39 is 5.56 Å². The zero-order valence-electron chi connectivity index (χ0n) is 9.35. The van der Waals surface area contributed by atoms with Crippen LogP contribution >= 0.6 is 23.2 Å². The first-order chi connectivity index (χ1) is 8.68. The molecule has 4 heteroatoms. The Kier molecular flexibility index (Phi) is 4.24. The van der Waals surface area contributed by atoms with Crippen LogP contribution in [0.25, 0.3) is 0 Å². The van der Waals surface area contributed by atoms with Crippen molar-refractivity contribution in [3.8, 4) is 5.75 Å². The molecule has 0 heterocycles. The predicted molar refractivity (Wildman–Crippen MR) is 72.5 cm³/mol. The molecule has 0 N–H and O–H groups in total. The highest BCUT2D eigenvalue weighted by Crippen LogP contribution is 2.25. The van der Waals surface area contributed by atoms with Gasteiger partial charge in [-0.1, -0.05) is 65.7 Å². The minimum absolute atomic E-state index is 0.294. The first-order valence-corrected chi connectivity index (χ1v) is 6.14. The lowest BCUT2D eigenvalue weighted by Crippen LogP contribution is -2.21.